The summed E-state index contributed by atoms with van der Waals surface area (Å²) in [5, 5.41) is 17.2. The molecule has 0 saturated carbocycles. The average molecular weight is 234 g/mol. The molecular weight excluding hydrogens is 224 g/mol. The first kappa shape index (κ1) is 12.4. The number of carboxylic acid groups (broad SMARTS) is 1. The van der Waals surface area contributed by atoms with Gasteiger partial charge in [-0.05, 0) is 24.3 Å². The lowest BCUT2D eigenvalue weighted by Gasteiger charge is -2.10. The number of nitrogens with zero attached hydrogens (tertiary/aromatic N) is 1. The summed E-state index contributed by atoms with van der Waals surface area (Å²) in [6, 6.07) is 7.95. The second kappa shape index (κ2) is 5.39. The summed E-state index contributed by atoms with van der Waals surface area (Å²) in [4.78, 5) is 10.6. The standard InChI is InChI=1S/C10H10N4O3/c11-5-6-1-3-7(4-2-6)17-9(14-13)8(12)10(15)16/h1-4,14H,12-13H2,(H,15,16)/b9-8+. The number of rotatable bonds is 4. The smallest absolute Gasteiger partial charge is 0.357 e. The second-order valence-electron chi connectivity index (χ2n) is 2.93. The predicted molar refractivity (Wildman–Crippen MR) is 58.0 cm³/mol. The van der Waals surface area contributed by atoms with Gasteiger partial charge in [-0.25, -0.2) is 10.6 Å². The molecule has 7 nitrogen and oxygen atoms in total. The number of hydrazine groups is 1. The van der Waals surface area contributed by atoms with Crippen molar-refractivity contribution in [1.29, 1.82) is 5.26 Å². The number of ether oxygens (including phenoxy) is 1. The molecule has 0 unspecified atom stereocenters. The Labute approximate surface area is 96.9 Å². The molecule has 0 atom stereocenters. The van der Waals surface area contributed by atoms with Gasteiger partial charge in [-0.3, -0.25) is 5.43 Å². The molecule has 1 aromatic rings. The summed E-state index contributed by atoms with van der Waals surface area (Å²) in [6.07, 6.45) is 0. The van der Waals surface area contributed by atoms with Crippen LogP contribution in [0.4, 0.5) is 0 Å². The highest BCUT2D eigenvalue weighted by atomic mass is 16.5. The molecule has 0 amide bonds. The SMILES string of the molecule is N#Cc1ccc(O/C(NN)=C(/N)C(=O)O)cc1. The van der Waals surface area contributed by atoms with Crippen molar-refractivity contribution in [3.05, 3.63) is 41.4 Å². The quantitative estimate of drug-likeness (QED) is 0.241. The maximum atomic E-state index is 10.6. The van der Waals surface area contributed by atoms with Crippen LogP contribution in [-0.4, -0.2) is 11.1 Å². The highest BCUT2D eigenvalue weighted by molar-refractivity contribution is 5.85. The molecule has 0 fully saturated rings. The van der Waals surface area contributed by atoms with Crippen molar-refractivity contribution in [1.82, 2.24) is 5.43 Å². The van der Waals surface area contributed by atoms with Crippen molar-refractivity contribution in [3.8, 4) is 11.8 Å². The Kier molecular flexibility index (Phi) is 3.91. The summed E-state index contributed by atoms with van der Waals surface area (Å²) in [6.45, 7) is 0. The van der Waals surface area contributed by atoms with Crippen LogP contribution in [0, 0.1) is 11.3 Å². The minimum absolute atomic E-state index is 0.276. The van der Waals surface area contributed by atoms with E-state index in [1.807, 2.05) is 11.5 Å². The maximum absolute atomic E-state index is 10.6. The fraction of sp³-hybridized carbons (Fsp3) is 0. The number of nitrogens with one attached hydrogen (secondary N) is 1. The van der Waals surface area contributed by atoms with Crippen LogP contribution in [0.5, 0.6) is 5.75 Å². The molecule has 1 rings (SSSR count). The van der Waals surface area contributed by atoms with Crippen molar-refractivity contribution in [2.75, 3.05) is 0 Å². The van der Waals surface area contributed by atoms with Gasteiger partial charge in [0.1, 0.15) is 5.75 Å². The molecule has 17 heavy (non-hydrogen) atoms. The van der Waals surface area contributed by atoms with E-state index in [1.54, 1.807) is 0 Å². The molecule has 0 bridgehead atoms. The van der Waals surface area contributed by atoms with Crippen LogP contribution >= 0.6 is 0 Å². The number of nitriles is 1. The van der Waals surface area contributed by atoms with E-state index in [1.165, 1.54) is 24.3 Å². The lowest BCUT2D eigenvalue weighted by Crippen LogP contribution is -2.31. The predicted octanol–water partition coefficient (Wildman–Crippen LogP) is -0.387. The first-order chi connectivity index (χ1) is 8.08. The zero-order chi connectivity index (χ0) is 12.8. The molecule has 0 heterocycles. The van der Waals surface area contributed by atoms with E-state index in [9.17, 15) is 4.79 Å². The Morgan fingerprint density at radius 3 is 2.41 bits per heavy atom. The minimum atomic E-state index is -1.36. The summed E-state index contributed by atoms with van der Waals surface area (Å²) in [5.74, 6) is 3.76. The van der Waals surface area contributed by atoms with Crippen LogP contribution in [0.15, 0.2) is 35.8 Å². The highest BCUT2D eigenvalue weighted by Gasteiger charge is 2.11. The molecule has 1 aromatic carbocycles. The Morgan fingerprint density at radius 1 is 1.41 bits per heavy atom. The number of carbonyl (C=O) groups is 1. The van der Waals surface area contributed by atoms with E-state index in [0.29, 0.717) is 11.3 Å². The van der Waals surface area contributed by atoms with E-state index in [0.717, 1.165) is 0 Å². The summed E-state index contributed by atoms with van der Waals surface area (Å²) >= 11 is 0. The Bertz CT molecular complexity index is 487. The fourth-order valence-electron chi connectivity index (χ4n) is 0.975. The molecule has 6 N–H and O–H groups in total. The minimum Gasteiger partial charge on any atom is -0.476 e. The Hall–Kier alpha value is -2.72. The normalized spacial score (nSPS) is 11.1. The maximum Gasteiger partial charge on any atom is 0.357 e. The van der Waals surface area contributed by atoms with Crippen molar-refractivity contribution in [2.45, 2.75) is 0 Å². The number of nitrogens with two attached hydrogens (primary N) is 2. The van der Waals surface area contributed by atoms with Crippen LogP contribution in [0.2, 0.25) is 0 Å². The van der Waals surface area contributed by atoms with E-state index < -0.39 is 11.7 Å². The number of aliphatic carboxylic acids is 1. The fourth-order valence-corrected chi connectivity index (χ4v) is 0.975. The average Bonchev–Trinajstić information content (AvgIpc) is 2.35. The summed E-state index contributed by atoms with van der Waals surface area (Å²) < 4.78 is 5.11. The van der Waals surface area contributed by atoms with E-state index in [4.69, 9.17) is 26.7 Å². The van der Waals surface area contributed by atoms with Gasteiger partial charge < -0.3 is 15.6 Å². The van der Waals surface area contributed by atoms with Gasteiger partial charge in [0.15, 0.2) is 5.70 Å². The third-order valence-electron chi connectivity index (χ3n) is 1.81. The molecular formula is C10H10N4O3. The van der Waals surface area contributed by atoms with Crippen LogP contribution in [-0.2, 0) is 4.79 Å². The molecule has 0 radical (unpaired) electrons. The lowest BCUT2D eigenvalue weighted by atomic mass is 10.2. The molecule has 7 heteroatoms. The van der Waals surface area contributed by atoms with Crippen molar-refractivity contribution in [3.63, 3.8) is 0 Å². The number of hydrogen-bond donors (Lipinski definition) is 4. The molecule has 0 aliphatic heterocycles. The van der Waals surface area contributed by atoms with Crippen LogP contribution in [0.3, 0.4) is 0 Å². The van der Waals surface area contributed by atoms with E-state index >= 15 is 0 Å². The van der Waals surface area contributed by atoms with Crippen LogP contribution in [0.1, 0.15) is 5.56 Å². The van der Waals surface area contributed by atoms with Crippen molar-refractivity contribution < 1.29 is 14.6 Å². The van der Waals surface area contributed by atoms with Gasteiger partial charge in [0.25, 0.3) is 0 Å². The van der Waals surface area contributed by atoms with E-state index in [2.05, 4.69) is 0 Å². The molecule has 0 aliphatic rings. The molecule has 0 aliphatic carbocycles. The monoisotopic (exact) mass is 234 g/mol. The molecule has 0 saturated heterocycles. The molecule has 0 spiro atoms. The Morgan fingerprint density at radius 2 is 2.00 bits per heavy atom. The summed E-state index contributed by atoms with van der Waals surface area (Å²) in [5.41, 5.74) is 7.19. The van der Waals surface area contributed by atoms with Crippen LogP contribution in [0.25, 0.3) is 0 Å². The molecule has 0 aromatic heterocycles. The summed E-state index contributed by atoms with van der Waals surface area (Å²) in [7, 11) is 0. The largest absolute Gasteiger partial charge is 0.476 e. The molecule has 88 valence electrons. The third kappa shape index (κ3) is 3.12. The number of hydrogen-bond acceptors (Lipinski definition) is 6. The van der Waals surface area contributed by atoms with Gasteiger partial charge in [-0.1, -0.05) is 0 Å². The zero-order valence-corrected chi connectivity index (χ0v) is 8.68. The van der Waals surface area contributed by atoms with Gasteiger partial charge in [0.05, 0.1) is 11.6 Å². The zero-order valence-electron chi connectivity index (χ0n) is 8.68. The van der Waals surface area contributed by atoms with Gasteiger partial charge in [0.2, 0.25) is 5.88 Å². The van der Waals surface area contributed by atoms with Gasteiger partial charge in [-0.2, -0.15) is 5.26 Å². The second-order valence-corrected chi connectivity index (χ2v) is 2.93. The third-order valence-corrected chi connectivity index (χ3v) is 1.81. The van der Waals surface area contributed by atoms with Gasteiger partial charge in [-0.15, -0.1) is 0 Å². The Balaban J connectivity index is 2.92. The highest BCUT2D eigenvalue weighted by Crippen LogP contribution is 2.14. The van der Waals surface area contributed by atoms with Gasteiger partial charge >= 0.3 is 5.97 Å². The van der Waals surface area contributed by atoms with Gasteiger partial charge in [0, 0.05) is 0 Å². The topological polar surface area (TPSA) is 134 Å². The van der Waals surface area contributed by atoms with Crippen molar-refractivity contribution in [2.24, 2.45) is 11.6 Å². The van der Waals surface area contributed by atoms with E-state index in [-0.39, 0.29) is 5.88 Å². The van der Waals surface area contributed by atoms with Crippen molar-refractivity contribution >= 4 is 5.97 Å². The van der Waals surface area contributed by atoms with Crippen LogP contribution < -0.4 is 21.7 Å². The first-order valence-electron chi connectivity index (χ1n) is 4.46. The first-order valence-corrected chi connectivity index (χ1v) is 4.46. The lowest BCUT2D eigenvalue weighted by molar-refractivity contribution is -0.132. The number of carboxylic acids is 1. The number of benzene rings is 1.